The zero-order chi connectivity index (χ0) is 23.3. The van der Waals surface area contributed by atoms with Crippen LogP contribution in [0.2, 0.25) is 0 Å². The number of nitrogens with one attached hydrogen (secondary N) is 2. The van der Waals surface area contributed by atoms with Crippen LogP contribution in [-0.4, -0.2) is 99.5 Å². The van der Waals surface area contributed by atoms with Crippen LogP contribution in [0.15, 0.2) is 0 Å². The Balaban J connectivity index is 2.11. The first-order valence-electron chi connectivity index (χ1n) is 10.3. The van der Waals surface area contributed by atoms with Gasteiger partial charge >= 0.3 is 0 Å². The van der Waals surface area contributed by atoms with Crippen LogP contribution in [0.3, 0.4) is 0 Å². The van der Waals surface area contributed by atoms with Gasteiger partial charge in [0.15, 0.2) is 0 Å². The number of nitrogens with two attached hydrogens (primary N) is 1. The lowest BCUT2D eigenvalue weighted by molar-refractivity contribution is -0.145. The molecule has 0 aliphatic carbocycles. The van der Waals surface area contributed by atoms with E-state index in [4.69, 9.17) is 5.73 Å². The first-order chi connectivity index (χ1) is 14.6. The van der Waals surface area contributed by atoms with Gasteiger partial charge in [-0.25, -0.2) is 0 Å². The lowest BCUT2D eigenvalue weighted by Crippen LogP contribution is -2.60. The summed E-state index contributed by atoms with van der Waals surface area (Å²) in [6.45, 7) is 2.70. The van der Waals surface area contributed by atoms with E-state index in [1.54, 1.807) is 0 Å². The standard InChI is InChI=1S/C19H31N5O7/c1-10(26)15(22-18(30)13-5-3-7-23(13)11(2)27)19(31)24-8-4-6-14(24)17(29)21-12(9-25)16(20)28/h10,12-15,25-26H,3-9H2,1-2H3,(H2,20,28)(H,21,29)(H,22,30)/t10-,12+,13-,14-,15+/m1/s1. The largest absolute Gasteiger partial charge is 0.394 e. The van der Waals surface area contributed by atoms with Gasteiger partial charge in [0, 0.05) is 20.0 Å². The molecule has 12 heteroatoms. The second kappa shape index (κ2) is 10.5. The molecule has 2 rings (SSSR count). The first-order valence-corrected chi connectivity index (χ1v) is 10.3. The minimum Gasteiger partial charge on any atom is -0.394 e. The van der Waals surface area contributed by atoms with Gasteiger partial charge in [-0.2, -0.15) is 0 Å². The normalized spacial score (nSPS) is 23.7. The number of aliphatic hydroxyl groups is 2. The van der Waals surface area contributed by atoms with Gasteiger partial charge in [0.2, 0.25) is 29.5 Å². The number of likely N-dealkylation sites (tertiary alicyclic amines) is 2. The van der Waals surface area contributed by atoms with Crippen molar-refractivity contribution in [1.82, 2.24) is 20.4 Å². The summed E-state index contributed by atoms with van der Waals surface area (Å²) in [6, 6.07) is -4.23. The molecule has 0 saturated carbocycles. The smallest absolute Gasteiger partial charge is 0.248 e. The summed E-state index contributed by atoms with van der Waals surface area (Å²) < 4.78 is 0. The molecule has 5 amide bonds. The van der Waals surface area contributed by atoms with E-state index < -0.39 is 60.5 Å². The maximum atomic E-state index is 13.1. The van der Waals surface area contributed by atoms with E-state index in [2.05, 4.69) is 10.6 Å². The third kappa shape index (κ3) is 5.70. The quantitative estimate of drug-likeness (QED) is 0.263. The van der Waals surface area contributed by atoms with E-state index in [1.807, 2.05) is 0 Å². The van der Waals surface area contributed by atoms with Crippen LogP contribution in [0.1, 0.15) is 39.5 Å². The number of amides is 5. The Bertz CT molecular complexity index is 728. The van der Waals surface area contributed by atoms with Crippen LogP contribution in [0.4, 0.5) is 0 Å². The molecule has 0 radical (unpaired) electrons. The van der Waals surface area contributed by atoms with Gasteiger partial charge in [-0.1, -0.05) is 0 Å². The minimum absolute atomic E-state index is 0.222. The maximum absolute atomic E-state index is 13.1. The van der Waals surface area contributed by atoms with Gasteiger partial charge in [0.25, 0.3) is 0 Å². The number of rotatable bonds is 8. The van der Waals surface area contributed by atoms with Crippen molar-refractivity contribution in [2.75, 3.05) is 19.7 Å². The van der Waals surface area contributed by atoms with Crippen LogP contribution in [0.25, 0.3) is 0 Å². The van der Waals surface area contributed by atoms with E-state index in [-0.39, 0.29) is 12.5 Å². The van der Waals surface area contributed by atoms with E-state index >= 15 is 0 Å². The van der Waals surface area contributed by atoms with E-state index in [0.29, 0.717) is 32.2 Å². The second-order valence-electron chi connectivity index (χ2n) is 7.93. The van der Waals surface area contributed by atoms with E-state index in [1.165, 1.54) is 23.6 Å². The van der Waals surface area contributed by atoms with Gasteiger partial charge in [-0.05, 0) is 32.6 Å². The Morgan fingerprint density at radius 2 is 1.52 bits per heavy atom. The van der Waals surface area contributed by atoms with Crippen LogP contribution >= 0.6 is 0 Å². The Kier molecular flexibility index (Phi) is 8.34. The highest BCUT2D eigenvalue weighted by molar-refractivity contribution is 5.96. The monoisotopic (exact) mass is 441 g/mol. The van der Waals surface area contributed by atoms with Gasteiger partial charge < -0.3 is 36.4 Å². The first kappa shape index (κ1) is 24.5. The molecule has 2 aliphatic heterocycles. The number of hydrogen-bond acceptors (Lipinski definition) is 7. The minimum atomic E-state index is -1.31. The molecule has 0 unspecified atom stereocenters. The summed E-state index contributed by atoms with van der Waals surface area (Å²) in [7, 11) is 0. The molecule has 0 aromatic rings. The highest BCUT2D eigenvalue weighted by Gasteiger charge is 2.41. The molecule has 2 aliphatic rings. The molecule has 5 atom stereocenters. The molecule has 2 heterocycles. The molecule has 2 fully saturated rings. The van der Waals surface area contributed by atoms with Gasteiger partial charge in [-0.3, -0.25) is 24.0 Å². The predicted molar refractivity (Wildman–Crippen MR) is 107 cm³/mol. The third-order valence-electron chi connectivity index (χ3n) is 5.69. The Hall–Kier alpha value is -2.73. The SMILES string of the molecule is CC(=O)N1CCC[C@@H]1C(=O)N[C@H](C(=O)N1CCC[C@@H]1C(=O)N[C@@H](CO)C(N)=O)[C@@H](C)O. The zero-order valence-electron chi connectivity index (χ0n) is 17.7. The van der Waals surface area contributed by atoms with Crippen molar-refractivity contribution in [2.24, 2.45) is 5.73 Å². The van der Waals surface area contributed by atoms with Crippen molar-refractivity contribution in [3.8, 4) is 0 Å². The van der Waals surface area contributed by atoms with Crippen LogP contribution in [0, 0.1) is 0 Å². The molecule has 0 spiro atoms. The highest BCUT2D eigenvalue weighted by atomic mass is 16.3. The summed E-state index contributed by atoms with van der Waals surface area (Å²) >= 11 is 0. The number of primary amides is 1. The predicted octanol–water partition coefficient (Wildman–Crippen LogP) is -3.18. The lowest BCUT2D eigenvalue weighted by atomic mass is 10.1. The summed E-state index contributed by atoms with van der Waals surface area (Å²) in [5.74, 6) is -3.00. The Morgan fingerprint density at radius 3 is 2.00 bits per heavy atom. The Labute approximate surface area is 180 Å². The average Bonchev–Trinajstić information content (AvgIpc) is 3.38. The molecule has 174 valence electrons. The molecular formula is C19H31N5O7. The lowest BCUT2D eigenvalue weighted by Gasteiger charge is -2.31. The average molecular weight is 441 g/mol. The van der Waals surface area contributed by atoms with Crippen molar-refractivity contribution < 1.29 is 34.2 Å². The second-order valence-corrected chi connectivity index (χ2v) is 7.93. The fourth-order valence-electron chi connectivity index (χ4n) is 4.01. The maximum Gasteiger partial charge on any atom is 0.248 e. The van der Waals surface area contributed by atoms with Crippen LogP contribution in [0.5, 0.6) is 0 Å². The molecule has 31 heavy (non-hydrogen) atoms. The van der Waals surface area contributed by atoms with E-state index in [0.717, 1.165) is 0 Å². The number of aliphatic hydroxyl groups excluding tert-OH is 2. The number of nitrogens with zero attached hydrogens (tertiary/aromatic N) is 2. The molecule has 12 nitrogen and oxygen atoms in total. The Morgan fingerprint density at radius 1 is 1.00 bits per heavy atom. The van der Waals surface area contributed by atoms with E-state index in [9.17, 15) is 34.2 Å². The summed E-state index contributed by atoms with van der Waals surface area (Å²) in [5.41, 5.74) is 5.12. The fraction of sp³-hybridized carbons (Fsp3) is 0.737. The third-order valence-corrected chi connectivity index (χ3v) is 5.69. The molecule has 2 saturated heterocycles. The van der Waals surface area contributed by atoms with Crippen LogP contribution in [-0.2, 0) is 24.0 Å². The van der Waals surface area contributed by atoms with Crippen LogP contribution < -0.4 is 16.4 Å². The molecule has 0 aromatic heterocycles. The summed E-state index contributed by atoms with van der Waals surface area (Å²) in [4.78, 5) is 64.0. The van der Waals surface area contributed by atoms with Gasteiger partial charge in [0.05, 0.1) is 12.7 Å². The van der Waals surface area contributed by atoms with Crippen molar-refractivity contribution in [3.05, 3.63) is 0 Å². The van der Waals surface area contributed by atoms with Crippen molar-refractivity contribution in [3.63, 3.8) is 0 Å². The summed E-state index contributed by atoms with van der Waals surface area (Å²) in [5, 5.41) is 24.2. The van der Waals surface area contributed by atoms with Gasteiger partial charge in [0.1, 0.15) is 24.2 Å². The van der Waals surface area contributed by atoms with Crippen molar-refractivity contribution in [1.29, 1.82) is 0 Å². The number of hydrogen-bond donors (Lipinski definition) is 5. The van der Waals surface area contributed by atoms with Crippen molar-refractivity contribution in [2.45, 2.75) is 69.8 Å². The van der Waals surface area contributed by atoms with Crippen molar-refractivity contribution >= 4 is 29.5 Å². The molecule has 0 aromatic carbocycles. The van der Waals surface area contributed by atoms with Gasteiger partial charge in [-0.15, -0.1) is 0 Å². The molecule has 0 bridgehead atoms. The zero-order valence-corrected chi connectivity index (χ0v) is 17.7. The molecular weight excluding hydrogens is 410 g/mol. The highest BCUT2D eigenvalue weighted by Crippen LogP contribution is 2.21. The topological polar surface area (TPSA) is 182 Å². The number of carbonyl (C=O) groups excluding carboxylic acids is 5. The summed E-state index contributed by atoms with van der Waals surface area (Å²) in [6.07, 6.45) is 0.687. The fourth-order valence-corrected chi connectivity index (χ4v) is 4.01. The number of carbonyl (C=O) groups is 5. The molecule has 6 N–H and O–H groups in total.